The van der Waals surface area contributed by atoms with E-state index in [2.05, 4.69) is 12.1 Å². The van der Waals surface area contributed by atoms with Gasteiger partial charge in [-0.3, -0.25) is 0 Å². The maximum atomic E-state index is 9.88. The van der Waals surface area contributed by atoms with E-state index in [-0.39, 0.29) is 6.10 Å². The molecule has 2 aliphatic rings. The molecule has 1 unspecified atom stereocenters. The van der Waals surface area contributed by atoms with Crippen LogP contribution in [0.25, 0.3) is 0 Å². The van der Waals surface area contributed by atoms with Crippen LogP contribution in [0.3, 0.4) is 0 Å². The summed E-state index contributed by atoms with van der Waals surface area (Å²) in [6, 6.07) is 4.55. The van der Waals surface area contributed by atoms with E-state index in [0.717, 1.165) is 19.3 Å². The molecule has 1 atom stereocenters. The average molecular weight is 206 g/mol. The molecule has 0 amide bonds. The van der Waals surface area contributed by atoms with Crippen LogP contribution in [0.15, 0.2) is 17.0 Å². The van der Waals surface area contributed by atoms with E-state index in [4.69, 9.17) is 0 Å². The van der Waals surface area contributed by atoms with Crippen molar-refractivity contribution in [2.75, 3.05) is 5.75 Å². The van der Waals surface area contributed by atoms with Gasteiger partial charge >= 0.3 is 0 Å². The van der Waals surface area contributed by atoms with E-state index in [0.29, 0.717) is 0 Å². The predicted octanol–water partition coefficient (Wildman–Crippen LogP) is 2.70. The molecule has 0 fully saturated rings. The van der Waals surface area contributed by atoms with Crippen LogP contribution in [0.4, 0.5) is 0 Å². The lowest BCUT2D eigenvalue weighted by Crippen LogP contribution is -2.09. The first-order valence-electron chi connectivity index (χ1n) is 5.31. The molecular formula is C12H14OS. The molecule has 74 valence electrons. The minimum atomic E-state index is -0.203. The quantitative estimate of drug-likeness (QED) is 0.704. The summed E-state index contributed by atoms with van der Waals surface area (Å²) in [5.41, 5.74) is 4.09. The first kappa shape index (κ1) is 8.81. The summed E-state index contributed by atoms with van der Waals surface area (Å²) in [6.07, 6.45) is 4.25. The number of hydrogen-bond acceptors (Lipinski definition) is 2. The van der Waals surface area contributed by atoms with Crippen LogP contribution in [0.5, 0.6) is 0 Å². The topological polar surface area (TPSA) is 20.2 Å². The van der Waals surface area contributed by atoms with Crippen LogP contribution >= 0.6 is 11.8 Å². The Bertz CT molecular complexity index is 373. The average Bonchev–Trinajstić information content (AvgIpc) is 2.62. The Hall–Kier alpha value is -0.470. The summed E-state index contributed by atoms with van der Waals surface area (Å²) in [7, 11) is 0. The Morgan fingerprint density at radius 1 is 1.21 bits per heavy atom. The molecule has 0 spiro atoms. The zero-order valence-electron chi connectivity index (χ0n) is 8.12. The Kier molecular flexibility index (Phi) is 2.06. The van der Waals surface area contributed by atoms with Crippen molar-refractivity contribution >= 4 is 11.8 Å². The monoisotopic (exact) mass is 206 g/mol. The highest BCUT2D eigenvalue weighted by Gasteiger charge is 2.21. The molecule has 0 radical (unpaired) electrons. The SMILES string of the molecule is OC1CCCc2cc3c(cc21)SCC3. The largest absolute Gasteiger partial charge is 0.388 e. The number of rotatable bonds is 0. The van der Waals surface area contributed by atoms with Crippen molar-refractivity contribution in [3.8, 4) is 0 Å². The standard InChI is InChI=1S/C12H14OS/c13-11-3-1-2-8-6-9-4-5-14-12(9)7-10(8)11/h6-7,11,13H,1-5H2. The van der Waals surface area contributed by atoms with Crippen LogP contribution in [0.1, 0.15) is 35.6 Å². The molecular weight excluding hydrogens is 192 g/mol. The Balaban J connectivity index is 2.12. The van der Waals surface area contributed by atoms with Crippen LogP contribution < -0.4 is 0 Å². The van der Waals surface area contributed by atoms with Crippen LogP contribution in [0, 0.1) is 0 Å². The van der Waals surface area contributed by atoms with E-state index in [9.17, 15) is 5.11 Å². The van der Waals surface area contributed by atoms with Crippen molar-refractivity contribution in [3.05, 3.63) is 28.8 Å². The van der Waals surface area contributed by atoms with Gasteiger partial charge in [0.05, 0.1) is 6.10 Å². The number of aliphatic hydroxyl groups excluding tert-OH is 1. The molecule has 0 saturated heterocycles. The molecule has 1 heterocycles. The van der Waals surface area contributed by atoms with Crippen molar-refractivity contribution in [2.45, 2.75) is 36.7 Å². The zero-order valence-corrected chi connectivity index (χ0v) is 8.94. The Labute approximate surface area is 88.5 Å². The molecule has 1 aromatic carbocycles. The van der Waals surface area contributed by atoms with Gasteiger partial charge in [-0.25, -0.2) is 0 Å². The lowest BCUT2D eigenvalue weighted by atomic mass is 9.88. The maximum Gasteiger partial charge on any atom is 0.0793 e. The van der Waals surface area contributed by atoms with Crippen molar-refractivity contribution < 1.29 is 5.11 Å². The third kappa shape index (κ3) is 1.29. The van der Waals surface area contributed by atoms with Crippen molar-refractivity contribution in [2.24, 2.45) is 0 Å². The van der Waals surface area contributed by atoms with Gasteiger partial charge in [0, 0.05) is 10.6 Å². The molecule has 14 heavy (non-hydrogen) atoms. The minimum absolute atomic E-state index is 0.203. The van der Waals surface area contributed by atoms with Gasteiger partial charge in [0.25, 0.3) is 0 Å². The summed E-state index contributed by atoms with van der Waals surface area (Å²) in [5.74, 6) is 1.22. The van der Waals surface area contributed by atoms with E-state index in [1.54, 1.807) is 0 Å². The van der Waals surface area contributed by atoms with Crippen molar-refractivity contribution in [3.63, 3.8) is 0 Å². The lowest BCUT2D eigenvalue weighted by Gasteiger charge is -2.22. The third-order valence-electron chi connectivity index (χ3n) is 3.23. The van der Waals surface area contributed by atoms with E-state index in [1.807, 2.05) is 11.8 Å². The fraction of sp³-hybridized carbons (Fsp3) is 0.500. The van der Waals surface area contributed by atoms with Gasteiger partial charge in [-0.15, -0.1) is 11.8 Å². The first-order chi connectivity index (χ1) is 6.84. The molecule has 1 aliphatic carbocycles. The molecule has 2 heteroatoms. The summed E-state index contributed by atoms with van der Waals surface area (Å²) < 4.78 is 0. The van der Waals surface area contributed by atoms with Gasteiger partial charge in [0.1, 0.15) is 0 Å². The molecule has 1 N–H and O–H groups in total. The summed E-state index contributed by atoms with van der Waals surface area (Å²) in [6.45, 7) is 0. The van der Waals surface area contributed by atoms with Gasteiger partial charge in [0.2, 0.25) is 0 Å². The highest BCUT2D eigenvalue weighted by molar-refractivity contribution is 7.99. The summed E-state index contributed by atoms with van der Waals surface area (Å²) >= 11 is 1.93. The number of hydrogen-bond donors (Lipinski definition) is 1. The highest BCUT2D eigenvalue weighted by atomic mass is 32.2. The summed E-state index contributed by atoms with van der Waals surface area (Å²) in [5, 5.41) is 9.88. The van der Waals surface area contributed by atoms with Gasteiger partial charge in [-0.1, -0.05) is 6.07 Å². The fourth-order valence-corrected chi connectivity index (χ4v) is 3.56. The van der Waals surface area contributed by atoms with Crippen LogP contribution in [-0.2, 0) is 12.8 Å². The zero-order chi connectivity index (χ0) is 9.54. The maximum absolute atomic E-state index is 9.88. The molecule has 1 aromatic rings. The first-order valence-corrected chi connectivity index (χ1v) is 6.30. The van der Waals surface area contributed by atoms with E-state index in [1.165, 1.54) is 33.8 Å². The molecule has 1 aliphatic heterocycles. The summed E-state index contributed by atoms with van der Waals surface area (Å²) in [4.78, 5) is 1.41. The van der Waals surface area contributed by atoms with E-state index >= 15 is 0 Å². The second-order valence-corrected chi connectivity index (χ2v) is 5.30. The number of aliphatic hydroxyl groups is 1. The van der Waals surface area contributed by atoms with Crippen LogP contribution in [0.2, 0.25) is 0 Å². The second kappa shape index (κ2) is 3.28. The highest BCUT2D eigenvalue weighted by Crippen LogP contribution is 2.38. The Morgan fingerprint density at radius 2 is 2.14 bits per heavy atom. The molecule has 0 aromatic heterocycles. The number of benzene rings is 1. The molecule has 0 bridgehead atoms. The second-order valence-electron chi connectivity index (χ2n) is 4.17. The predicted molar refractivity (Wildman–Crippen MR) is 58.8 cm³/mol. The smallest absolute Gasteiger partial charge is 0.0793 e. The van der Waals surface area contributed by atoms with Crippen molar-refractivity contribution in [1.29, 1.82) is 0 Å². The number of aryl methyl sites for hydroxylation is 2. The van der Waals surface area contributed by atoms with Gasteiger partial charge in [-0.05, 0) is 48.4 Å². The molecule has 3 rings (SSSR count). The number of fused-ring (bicyclic) bond motifs is 2. The van der Waals surface area contributed by atoms with Crippen LogP contribution in [-0.4, -0.2) is 10.9 Å². The van der Waals surface area contributed by atoms with Gasteiger partial charge < -0.3 is 5.11 Å². The molecule has 0 saturated carbocycles. The lowest BCUT2D eigenvalue weighted by molar-refractivity contribution is 0.156. The minimum Gasteiger partial charge on any atom is -0.388 e. The van der Waals surface area contributed by atoms with E-state index < -0.39 is 0 Å². The number of thioether (sulfide) groups is 1. The van der Waals surface area contributed by atoms with Crippen molar-refractivity contribution in [1.82, 2.24) is 0 Å². The van der Waals surface area contributed by atoms with Gasteiger partial charge in [-0.2, -0.15) is 0 Å². The van der Waals surface area contributed by atoms with Gasteiger partial charge in [0.15, 0.2) is 0 Å². The Morgan fingerprint density at radius 3 is 3.07 bits per heavy atom. The third-order valence-corrected chi connectivity index (χ3v) is 4.33. The molecule has 1 nitrogen and oxygen atoms in total. The normalized spacial score (nSPS) is 24.5. The fourth-order valence-electron chi connectivity index (χ4n) is 2.46.